The van der Waals surface area contributed by atoms with E-state index in [0.717, 1.165) is 5.56 Å². The molecule has 0 aliphatic carbocycles. The Morgan fingerprint density at radius 3 is 1.82 bits per heavy atom. The van der Waals surface area contributed by atoms with Gasteiger partial charge in [-0.25, -0.2) is 0 Å². The number of hydrogen-bond acceptors (Lipinski definition) is 5. The highest BCUT2D eigenvalue weighted by Crippen LogP contribution is 2.42. The van der Waals surface area contributed by atoms with E-state index in [9.17, 15) is 14.7 Å². The number of methoxy groups -OCH3 is 1. The number of benzene rings is 4. The number of thioether (sulfide) groups is 1. The summed E-state index contributed by atoms with van der Waals surface area (Å²) in [6, 6.07) is 26.6. The molecule has 4 rings (SSSR count). The average Bonchev–Trinajstić information content (AvgIpc) is 2.89. The molecule has 5 heteroatoms. The summed E-state index contributed by atoms with van der Waals surface area (Å²) in [5.74, 6) is 0.625. The van der Waals surface area contributed by atoms with Crippen LogP contribution in [-0.2, 0) is 0 Å². The summed E-state index contributed by atoms with van der Waals surface area (Å²) >= 11 is 1.38. The normalized spacial score (nSPS) is 10.6. The molecule has 1 N–H and O–H groups in total. The second kappa shape index (κ2) is 10.4. The van der Waals surface area contributed by atoms with E-state index in [0.29, 0.717) is 38.7 Å². The number of ketones is 2. The lowest BCUT2D eigenvalue weighted by molar-refractivity contribution is 0.103. The van der Waals surface area contributed by atoms with E-state index >= 15 is 0 Å². The van der Waals surface area contributed by atoms with Gasteiger partial charge in [-0.15, -0.1) is 11.8 Å². The quantitative estimate of drug-likeness (QED) is 0.232. The zero-order valence-electron chi connectivity index (χ0n) is 18.9. The van der Waals surface area contributed by atoms with Gasteiger partial charge in [0.05, 0.1) is 12.7 Å². The summed E-state index contributed by atoms with van der Waals surface area (Å²) < 4.78 is 5.27. The predicted octanol–water partition coefficient (Wildman–Crippen LogP) is 6.64. The molecule has 0 saturated carbocycles. The van der Waals surface area contributed by atoms with Crippen molar-refractivity contribution >= 4 is 23.3 Å². The van der Waals surface area contributed by atoms with Crippen LogP contribution in [0.5, 0.6) is 11.5 Å². The van der Waals surface area contributed by atoms with Gasteiger partial charge in [-0.1, -0.05) is 79.7 Å². The molecule has 170 valence electrons. The molecule has 0 radical (unpaired) electrons. The molecule has 0 aliphatic rings. The second-order valence-corrected chi connectivity index (χ2v) is 8.85. The summed E-state index contributed by atoms with van der Waals surface area (Å²) in [5, 5.41) is 11.1. The van der Waals surface area contributed by atoms with Crippen molar-refractivity contribution in [2.75, 3.05) is 12.9 Å². The smallest absolute Gasteiger partial charge is 0.197 e. The molecule has 0 atom stereocenters. The van der Waals surface area contributed by atoms with Gasteiger partial charge < -0.3 is 9.84 Å². The molecular formula is C29H24O4S. The Morgan fingerprint density at radius 2 is 1.32 bits per heavy atom. The van der Waals surface area contributed by atoms with E-state index in [-0.39, 0.29) is 22.9 Å². The van der Waals surface area contributed by atoms with Gasteiger partial charge in [0.15, 0.2) is 11.6 Å². The van der Waals surface area contributed by atoms with Crippen LogP contribution in [0, 0.1) is 0 Å². The van der Waals surface area contributed by atoms with Gasteiger partial charge in [0.2, 0.25) is 0 Å². The first-order valence-corrected chi connectivity index (χ1v) is 11.9. The lowest BCUT2D eigenvalue weighted by Crippen LogP contribution is -2.12. The largest absolute Gasteiger partial charge is 0.507 e. The van der Waals surface area contributed by atoms with Crippen molar-refractivity contribution < 1.29 is 19.4 Å². The van der Waals surface area contributed by atoms with E-state index in [1.54, 1.807) is 55.6 Å². The number of phenols is 1. The zero-order valence-corrected chi connectivity index (χ0v) is 19.8. The summed E-state index contributed by atoms with van der Waals surface area (Å²) in [7, 11) is 1.59. The number of phenolic OH excluding ortho intramolecular Hbond substituents is 1. The second-order valence-electron chi connectivity index (χ2n) is 7.57. The maximum atomic E-state index is 13.9. The third-order valence-corrected chi connectivity index (χ3v) is 6.46. The van der Waals surface area contributed by atoms with Crippen LogP contribution in [0.1, 0.15) is 38.8 Å². The first-order chi connectivity index (χ1) is 16.5. The van der Waals surface area contributed by atoms with Crippen LogP contribution in [0.4, 0.5) is 0 Å². The van der Waals surface area contributed by atoms with Crippen molar-refractivity contribution in [3.05, 3.63) is 113 Å². The molecule has 0 heterocycles. The molecule has 34 heavy (non-hydrogen) atoms. The van der Waals surface area contributed by atoms with Gasteiger partial charge in [-0.05, 0) is 35.1 Å². The van der Waals surface area contributed by atoms with Crippen molar-refractivity contribution in [2.45, 2.75) is 11.8 Å². The van der Waals surface area contributed by atoms with Crippen molar-refractivity contribution in [3.8, 4) is 22.6 Å². The van der Waals surface area contributed by atoms with E-state index in [2.05, 4.69) is 0 Å². The fraction of sp³-hybridized carbons (Fsp3) is 0.103. The number of hydrogen-bond donors (Lipinski definition) is 1. The molecule has 0 spiro atoms. The van der Waals surface area contributed by atoms with Crippen molar-refractivity contribution in [1.82, 2.24) is 0 Å². The van der Waals surface area contributed by atoms with Crippen LogP contribution in [0.3, 0.4) is 0 Å². The van der Waals surface area contributed by atoms with Gasteiger partial charge in [-0.2, -0.15) is 0 Å². The first kappa shape index (κ1) is 23.3. The van der Waals surface area contributed by atoms with Crippen LogP contribution >= 0.6 is 11.8 Å². The Kier molecular flexibility index (Phi) is 7.14. The maximum absolute atomic E-state index is 13.9. The van der Waals surface area contributed by atoms with E-state index in [4.69, 9.17) is 4.74 Å². The number of carbonyl (C=O) groups excluding carboxylic acids is 2. The molecule has 0 saturated heterocycles. The predicted molar refractivity (Wildman–Crippen MR) is 136 cm³/mol. The average molecular weight is 469 g/mol. The fourth-order valence-corrected chi connectivity index (χ4v) is 4.82. The van der Waals surface area contributed by atoms with Crippen molar-refractivity contribution in [3.63, 3.8) is 0 Å². The molecule has 0 amide bonds. The number of aromatic hydroxyl groups is 1. The van der Waals surface area contributed by atoms with Gasteiger partial charge >= 0.3 is 0 Å². The molecule has 0 unspecified atom stereocenters. The van der Waals surface area contributed by atoms with Crippen LogP contribution < -0.4 is 4.74 Å². The van der Waals surface area contributed by atoms with E-state index < -0.39 is 0 Å². The lowest BCUT2D eigenvalue weighted by atomic mass is 9.89. The molecule has 0 aromatic heterocycles. The van der Waals surface area contributed by atoms with Gasteiger partial charge in [0.25, 0.3) is 0 Å². The van der Waals surface area contributed by atoms with Crippen molar-refractivity contribution in [2.24, 2.45) is 0 Å². The third kappa shape index (κ3) is 4.61. The molecule has 0 aliphatic heterocycles. The summed E-state index contributed by atoms with van der Waals surface area (Å²) in [6.07, 6.45) is 0. The number of carbonyl (C=O) groups is 2. The molecule has 0 fully saturated rings. The standard InChI is InChI=1S/C29H24O4S/c1-3-34-29-25(27(31)20-10-6-4-7-11-20)23(19-14-16-22(33-2)17-15-19)18-24(30)26(29)28(32)21-12-8-5-9-13-21/h4-18,30H,3H2,1-2H3. The Bertz CT molecular complexity index is 1310. The minimum absolute atomic E-state index is 0.148. The SMILES string of the molecule is CCSc1c(C(=O)c2ccccc2)c(O)cc(-c2ccc(OC)cc2)c1C(=O)c1ccccc1. The van der Waals surface area contributed by atoms with Crippen molar-refractivity contribution in [1.29, 1.82) is 0 Å². The topological polar surface area (TPSA) is 63.6 Å². The minimum atomic E-state index is -0.322. The molecule has 4 nitrogen and oxygen atoms in total. The fourth-order valence-electron chi connectivity index (χ4n) is 3.84. The van der Waals surface area contributed by atoms with Gasteiger partial charge in [0.1, 0.15) is 11.5 Å². The monoisotopic (exact) mass is 468 g/mol. The van der Waals surface area contributed by atoms with Crippen LogP contribution in [-0.4, -0.2) is 29.5 Å². The Balaban J connectivity index is 2.01. The Morgan fingerprint density at radius 1 is 0.794 bits per heavy atom. The Labute approximate surface area is 203 Å². The van der Waals surface area contributed by atoms with E-state index in [1.807, 2.05) is 43.3 Å². The zero-order chi connectivity index (χ0) is 24.1. The highest BCUT2D eigenvalue weighted by Gasteiger charge is 2.28. The number of ether oxygens (including phenoxy) is 1. The third-order valence-electron chi connectivity index (χ3n) is 5.48. The molecular weight excluding hydrogens is 444 g/mol. The summed E-state index contributed by atoms with van der Waals surface area (Å²) in [6.45, 7) is 1.95. The number of rotatable bonds is 8. The van der Waals surface area contributed by atoms with Gasteiger partial charge in [0, 0.05) is 21.6 Å². The molecule has 4 aromatic rings. The van der Waals surface area contributed by atoms with E-state index in [1.165, 1.54) is 17.8 Å². The first-order valence-electron chi connectivity index (χ1n) is 10.9. The highest BCUT2D eigenvalue weighted by molar-refractivity contribution is 7.99. The van der Waals surface area contributed by atoms with Gasteiger partial charge in [-0.3, -0.25) is 9.59 Å². The van der Waals surface area contributed by atoms with Crippen LogP contribution in [0.15, 0.2) is 95.9 Å². The van der Waals surface area contributed by atoms with Crippen LogP contribution in [0.25, 0.3) is 11.1 Å². The molecule has 4 aromatic carbocycles. The highest BCUT2D eigenvalue weighted by atomic mass is 32.2. The minimum Gasteiger partial charge on any atom is -0.507 e. The maximum Gasteiger partial charge on any atom is 0.197 e. The Hall–Kier alpha value is -3.83. The molecule has 0 bridgehead atoms. The van der Waals surface area contributed by atoms with Crippen LogP contribution in [0.2, 0.25) is 0 Å². The summed E-state index contributed by atoms with van der Waals surface area (Å²) in [5.41, 5.74) is 2.82. The summed E-state index contributed by atoms with van der Waals surface area (Å²) in [4.78, 5) is 27.8. The lowest BCUT2D eigenvalue weighted by Gasteiger charge is -2.19.